The number of rotatable bonds is 4. The number of aryl methyl sites for hydroxylation is 1. The van der Waals surface area contributed by atoms with Crippen LogP contribution in [0.2, 0.25) is 0 Å². The molecule has 0 aromatic heterocycles. The van der Waals surface area contributed by atoms with Gasteiger partial charge in [-0.1, -0.05) is 38.5 Å². The Bertz CT molecular complexity index is 516. The summed E-state index contributed by atoms with van der Waals surface area (Å²) < 4.78 is 11.4. The second-order valence-corrected chi connectivity index (χ2v) is 6.72. The first kappa shape index (κ1) is 15.8. The molecule has 0 amide bonds. The SMILES string of the molecule is Cc1ccc(OCC2CCC(C(=O)O)O2)c(C(C)(C)C)c1. The van der Waals surface area contributed by atoms with Gasteiger partial charge in [0.25, 0.3) is 0 Å². The van der Waals surface area contributed by atoms with Crippen molar-refractivity contribution in [1.29, 1.82) is 0 Å². The van der Waals surface area contributed by atoms with Gasteiger partial charge in [0.15, 0.2) is 6.10 Å². The van der Waals surface area contributed by atoms with Crippen LogP contribution in [0.1, 0.15) is 44.7 Å². The van der Waals surface area contributed by atoms with Crippen LogP contribution < -0.4 is 4.74 Å². The maximum atomic E-state index is 10.9. The van der Waals surface area contributed by atoms with Crippen LogP contribution >= 0.6 is 0 Å². The molecule has 2 unspecified atom stereocenters. The number of carboxylic acids is 1. The van der Waals surface area contributed by atoms with Crippen molar-refractivity contribution in [2.45, 2.75) is 58.2 Å². The molecule has 1 fully saturated rings. The fraction of sp³-hybridized carbons (Fsp3) is 0.588. The largest absolute Gasteiger partial charge is 0.491 e. The molecule has 0 radical (unpaired) electrons. The van der Waals surface area contributed by atoms with Crippen molar-refractivity contribution in [2.75, 3.05) is 6.61 Å². The van der Waals surface area contributed by atoms with E-state index in [0.717, 1.165) is 17.7 Å². The lowest BCUT2D eigenvalue weighted by atomic mass is 9.85. The van der Waals surface area contributed by atoms with E-state index >= 15 is 0 Å². The summed E-state index contributed by atoms with van der Waals surface area (Å²) in [6.45, 7) is 8.93. The van der Waals surface area contributed by atoms with Crippen LogP contribution in [0.5, 0.6) is 5.75 Å². The molecule has 2 atom stereocenters. The third kappa shape index (κ3) is 3.97. The van der Waals surface area contributed by atoms with E-state index in [9.17, 15) is 4.79 Å². The fourth-order valence-electron chi connectivity index (χ4n) is 2.55. The molecule has 1 aliphatic heterocycles. The first-order chi connectivity index (χ1) is 9.77. The zero-order valence-electron chi connectivity index (χ0n) is 13.2. The van der Waals surface area contributed by atoms with Crippen molar-refractivity contribution in [3.8, 4) is 5.75 Å². The second kappa shape index (κ2) is 6.06. The summed E-state index contributed by atoms with van der Waals surface area (Å²) >= 11 is 0. The van der Waals surface area contributed by atoms with E-state index in [4.69, 9.17) is 14.6 Å². The fourth-order valence-corrected chi connectivity index (χ4v) is 2.55. The van der Waals surface area contributed by atoms with E-state index < -0.39 is 12.1 Å². The molecule has 0 spiro atoms. The Morgan fingerprint density at radius 1 is 1.38 bits per heavy atom. The van der Waals surface area contributed by atoms with Crippen LogP contribution in [0.25, 0.3) is 0 Å². The van der Waals surface area contributed by atoms with Crippen LogP contribution in [-0.2, 0) is 14.9 Å². The van der Waals surface area contributed by atoms with E-state index in [1.165, 1.54) is 5.56 Å². The normalized spacial score (nSPS) is 22.3. The van der Waals surface area contributed by atoms with Crippen molar-refractivity contribution in [1.82, 2.24) is 0 Å². The summed E-state index contributed by atoms with van der Waals surface area (Å²) in [6, 6.07) is 6.16. The molecule has 0 aliphatic carbocycles. The molecule has 1 aromatic rings. The van der Waals surface area contributed by atoms with Crippen molar-refractivity contribution < 1.29 is 19.4 Å². The van der Waals surface area contributed by atoms with Crippen molar-refractivity contribution in [3.05, 3.63) is 29.3 Å². The number of carboxylic acid groups (broad SMARTS) is 1. The summed E-state index contributed by atoms with van der Waals surface area (Å²) in [6.07, 6.45) is 0.468. The Balaban J connectivity index is 2.03. The quantitative estimate of drug-likeness (QED) is 0.925. The molecule has 21 heavy (non-hydrogen) atoms. The molecule has 4 nitrogen and oxygen atoms in total. The molecule has 1 heterocycles. The number of ether oxygens (including phenoxy) is 2. The number of hydrogen-bond donors (Lipinski definition) is 1. The Labute approximate surface area is 126 Å². The maximum Gasteiger partial charge on any atom is 0.332 e. The lowest BCUT2D eigenvalue weighted by Gasteiger charge is -2.24. The Kier molecular flexibility index (Phi) is 4.57. The van der Waals surface area contributed by atoms with Crippen LogP contribution in [0.3, 0.4) is 0 Å². The lowest BCUT2D eigenvalue weighted by molar-refractivity contribution is -0.149. The highest BCUT2D eigenvalue weighted by atomic mass is 16.6. The Morgan fingerprint density at radius 2 is 2.10 bits per heavy atom. The molecule has 1 aromatic carbocycles. The van der Waals surface area contributed by atoms with Gasteiger partial charge in [0.1, 0.15) is 12.4 Å². The third-order valence-corrected chi connectivity index (χ3v) is 3.75. The van der Waals surface area contributed by atoms with Crippen molar-refractivity contribution in [3.63, 3.8) is 0 Å². The Morgan fingerprint density at radius 3 is 2.67 bits per heavy atom. The molecular weight excluding hydrogens is 268 g/mol. The minimum atomic E-state index is -0.886. The van der Waals surface area contributed by atoms with Gasteiger partial charge >= 0.3 is 5.97 Å². The van der Waals surface area contributed by atoms with Crippen molar-refractivity contribution in [2.24, 2.45) is 0 Å². The Hall–Kier alpha value is -1.55. The molecule has 1 aliphatic rings. The summed E-state index contributed by atoms with van der Waals surface area (Å²) in [5.74, 6) is -0.0290. The predicted molar refractivity (Wildman–Crippen MR) is 80.9 cm³/mol. The monoisotopic (exact) mass is 292 g/mol. The molecule has 1 N–H and O–H groups in total. The standard InChI is InChI=1S/C17H24O4/c1-11-5-7-14(13(9-11)17(2,3)4)20-10-12-6-8-15(21-12)16(18)19/h5,7,9,12,15H,6,8,10H2,1-4H3,(H,18,19). The molecular formula is C17H24O4. The van der Waals surface area contributed by atoms with Gasteiger partial charge in [-0.05, 0) is 36.8 Å². The molecule has 0 saturated carbocycles. The topological polar surface area (TPSA) is 55.8 Å². The van der Waals surface area contributed by atoms with E-state index in [1.807, 2.05) is 12.1 Å². The van der Waals surface area contributed by atoms with E-state index in [2.05, 4.69) is 33.8 Å². The average Bonchev–Trinajstić information content (AvgIpc) is 2.85. The zero-order chi connectivity index (χ0) is 15.6. The van der Waals surface area contributed by atoms with Crippen LogP contribution in [-0.4, -0.2) is 29.9 Å². The highest BCUT2D eigenvalue weighted by molar-refractivity contribution is 5.72. The van der Waals surface area contributed by atoms with E-state index in [-0.39, 0.29) is 11.5 Å². The molecule has 1 saturated heterocycles. The first-order valence-electron chi connectivity index (χ1n) is 7.39. The highest BCUT2D eigenvalue weighted by Gasteiger charge is 2.31. The molecule has 0 bridgehead atoms. The van der Waals surface area contributed by atoms with Crippen LogP contribution in [0, 0.1) is 6.92 Å². The summed E-state index contributed by atoms with van der Waals surface area (Å²) in [4.78, 5) is 10.9. The van der Waals surface area contributed by atoms with Gasteiger partial charge in [0.2, 0.25) is 0 Å². The summed E-state index contributed by atoms with van der Waals surface area (Å²) in [5.41, 5.74) is 2.37. The predicted octanol–water partition coefficient (Wildman–Crippen LogP) is 3.30. The van der Waals surface area contributed by atoms with Gasteiger partial charge in [0.05, 0.1) is 6.10 Å². The molecule has 116 valence electrons. The first-order valence-corrected chi connectivity index (χ1v) is 7.39. The third-order valence-electron chi connectivity index (χ3n) is 3.75. The van der Waals surface area contributed by atoms with Gasteiger partial charge in [-0.2, -0.15) is 0 Å². The number of benzene rings is 1. The van der Waals surface area contributed by atoms with Gasteiger partial charge in [-0.3, -0.25) is 0 Å². The van der Waals surface area contributed by atoms with Gasteiger partial charge in [0, 0.05) is 0 Å². The van der Waals surface area contributed by atoms with Gasteiger partial charge in [-0.25, -0.2) is 4.79 Å². The van der Waals surface area contributed by atoms with Gasteiger partial charge < -0.3 is 14.6 Å². The number of hydrogen-bond acceptors (Lipinski definition) is 3. The second-order valence-electron chi connectivity index (χ2n) is 6.72. The molecule has 4 heteroatoms. The van der Waals surface area contributed by atoms with Crippen LogP contribution in [0.15, 0.2) is 18.2 Å². The summed E-state index contributed by atoms with van der Waals surface area (Å²) in [5, 5.41) is 8.93. The number of carbonyl (C=O) groups is 1. The van der Waals surface area contributed by atoms with E-state index in [0.29, 0.717) is 13.0 Å². The lowest BCUT2D eigenvalue weighted by Crippen LogP contribution is -2.24. The van der Waals surface area contributed by atoms with Crippen LogP contribution in [0.4, 0.5) is 0 Å². The van der Waals surface area contributed by atoms with E-state index in [1.54, 1.807) is 0 Å². The highest BCUT2D eigenvalue weighted by Crippen LogP contribution is 2.32. The zero-order valence-corrected chi connectivity index (χ0v) is 13.2. The van der Waals surface area contributed by atoms with Gasteiger partial charge in [-0.15, -0.1) is 0 Å². The molecule has 2 rings (SSSR count). The van der Waals surface area contributed by atoms with Crippen molar-refractivity contribution >= 4 is 5.97 Å². The average molecular weight is 292 g/mol. The minimum absolute atomic E-state index is 0.00147. The maximum absolute atomic E-state index is 10.9. The smallest absolute Gasteiger partial charge is 0.332 e. The number of aliphatic carboxylic acids is 1. The minimum Gasteiger partial charge on any atom is -0.491 e. The summed E-state index contributed by atoms with van der Waals surface area (Å²) in [7, 11) is 0.